The normalized spacial score (nSPS) is 9.50. The third kappa shape index (κ3) is 1.84. The molecule has 2 nitrogen and oxygen atoms in total. The molecule has 0 aliphatic carbocycles. The lowest BCUT2D eigenvalue weighted by Gasteiger charge is -1.97. The number of hydrogen-bond acceptors (Lipinski definition) is 1. The van der Waals surface area contributed by atoms with Crippen molar-refractivity contribution in [2.24, 2.45) is 0 Å². The molecule has 64 valence electrons. The Morgan fingerprint density at radius 3 is 2.33 bits per heavy atom. The van der Waals surface area contributed by atoms with E-state index >= 15 is 0 Å². The summed E-state index contributed by atoms with van der Waals surface area (Å²) in [5.41, 5.74) is 0.860. The van der Waals surface area contributed by atoms with Crippen molar-refractivity contribution in [1.29, 1.82) is 0 Å². The van der Waals surface area contributed by atoms with Gasteiger partial charge < -0.3 is 4.74 Å². The van der Waals surface area contributed by atoms with Gasteiger partial charge in [0.05, 0.1) is 19.1 Å². The van der Waals surface area contributed by atoms with Gasteiger partial charge in [0.15, 0.2) is 0 Å². The molecule has 1 N–H and O–H groups in total. The van der Waals surface area contributed by atoms with Crippen molar-refractivity contribution in [1.82, 2.24) is 0 Å². The highest BCUT2D eigenvalue weighted by Crippen LogP contribution is 2.11. The third-order valence-electron chi connectivity index (χ3n) is 1.76. The van der Waals surface area contributed by atoms with Crippen molar-refractivity contribution >= 4 is 5.78 Å². The molecule has 1 aromatic carbocycles. The molecule has 1 rings (SSSR count). The van der Waals surface area contributed by atoms with Gasteiger partial charge in [0, 0.05) is 0 Å². The zero-order valence-electron chi connectivity index (χ0n) is 7.37. The van der Waals surface area contributed by atoms with Gasteiger partial charge in [-0.2, -0.15) is 0 Å². The van der Waals surface area contributed by atoms with Crippen LogP contribution in [0.25, 0.3) is 0 Å². The van der Waals surface area contributed by atoms with Crippen LogP contribution in [-0.4, -0.2) is 17.7 Å². The summed E-state index contributed by atoms with van der Waals surface area (Å²) in [5, 5.41) is 0. The number of carbonyl (C=O) groups excluding carboxylic acids is 1. The van der Waals surface area contributed by atoms with Crippen LogP contribution >= 0.6 is 0 Å². The molecule has 0 spiro atoms. The smallest absolute Gasteiger partial charge is 0.323 e. The minimum atomic E-state index is 0.414. The molecule has 0 atom stereocenters. The molecule has 0 amide bonds. The molecule has 0 saturated carbocycles. The van der Waals surface area contributed by atoms with Crippen LogP contribution in [0.1, 0.15) is 18.9 Å². The fourth-order valence-electron chi connectivity index (χ4n) is 0.988. The van der Waals surface area contributed by atoms with E-state index < -0.39 is 0 Å². The molecule has 0 fully saturated rings. The third-order valence-corrected chi connectivity index (χ3v) is 1.76. The molecule has 1 aromatic rings. The van der Waals surface area contributed by atoms with Gasteiger partial charge in [-0.25, -0.2) is 0 Å². The van der Waals surface area contributed by atoms with Gasteiger partial charge in [-0.1, -0.05) is 6.92 Å². The van der Waals surface area contributed by atoms with Gasteiger partial charge in [0.1, 0.15) is 5.75 Å². The molecule has 0 heterocycles. The van der Waals surface area contributed by atoms with E-state index in [2.05, 4.69) is 0 Å². The molecule has 0 aliphatic rings. The Balaban J connectivity index is 2.84. The predicted molar refractivity (Wildman–Crippen MR) is 49.3 cm³/mol. The number of rotatable bonds is 3. The number of methoxy groups -OCH3 is 1. The first-order chi connectivity index (χ1) is 5.77. The minimum Gasteiger partial charge on any atom is -0.497 e. The highest BCUT2D eigenvalue weighted by Gasteiger charge is 2.07. The Hall–Kier alpha value is -1.31. The van der Waals surface area contributed by atoms with E-state index in [1.165, 1.54) is 0 Å². The lowest BCUT2D eigenvalue weighted by Crippen LogP contribution is -1.97. The van der Waals surface area contributed by atoms with Crippen molar-refractivity contribution in [3.63, 3.8) is 0 Å². The van der Waals surface area contributed by atoms with Crippen LogP contribution < -0.4 is 4.74 Å². The predicted octanol–water partition coefficient (Wildman–Crippen LogP) is 2.00. The van der Waals surface area contributed by atoms with Gasteiger partial charge in [0.2, 0.25) is 0 Å². The fourth-order valence-corrected chi connectivity index (χ4v) is 0.988. The van der Waals surface area contributed by atoms with Crippen molar-refractivity contribution < 1.29 is 9.53 Å². The van der Waals surface area contributed by atoms with Crippen LogP contribution in [0.15, 0.2) is 24.3 Å². The first-order valence-corrected chi connectivity index (χ1v) is 3.97. The maximum absolute atomic E-state index is 9.37. The van der Waals surface area contributed by atoms with E-state index in [4.69, 9.17) is 4.74 Å². The quantitative estimate of drug-likeness (QED) is 0.497. The van der Waals surface area contributed by atoms with Crippen molar-refractivity contribution in [2.75, 3.05) is 7.11 Å². The molecule has 0 aliphatic heterocycles. The summed E-state index contributed by atoms with van der Waals surface area (Å²) in [5.74, 6) is 1.22. The second-order valence-electron chi connectivity index (χ2n) is 2.53. The maximum atomic E-state index is 9.37. The van der Waals surface area contributed by atoms with Gasteiger partial charge in [-0.3, -0.25) is 4.79 Å². The highest BCUT2D eigenvalue weighted by molar-refractivity contribution is 5.96. The Labute approximate surface area is 72.2 Å². The van der Waals surface area contributed by atoms with E-state index in [1.54, 1.807) is 7.11 Å². The van der Waals surface area contributed by atoms with Crippen LogP contribution in [0.3, 0.4) is 0 Å². The molecule has 2 heteroatoms. The van der Waals surface area contributed by atoms with E-state index in [0.29, 0.717) is 12.2 Å². The summed E-state index contributed by atoms with van der Waals surface area (Å²) >= 11 is 0. The van der Waals surface area contributed by atoms with Crippen molar-refractivity contribution in [3.05, 3.63) is 29.8 Å². The van der Waals surface area contributed by atoms with Gasteiger partial charge >= 0.3 is 5.78 Å². The Kier molecular flexibility index (Phi) is 2.86. The summed E-state index contributed by atoms with van der Waals surface area (Å²) in [6.07, 6.45) is 0.659. The number of ether oxygens (including phenoxy) is 1. The molecule has 0 aromatic heterocycles. The van der Waals surface area contributed by atoms with E-state index in [0.717, 1.165) is 11.3 Å². The van der Waals surface area contributed by atoms with Gasteiger partial charge in [0.25, 0.3) is 0 Å². The lowest BCUT2D eigenvalue weighted by molar-refractivity contribution is 0.415. The standard InChI is InChI=1S/C10H12O2/c1-3-10(11)8-4-6-9(12-2)7-5-8/h4-7H,3H2,1-2H3/p+1. The van der Waals surface area contributed by atoms with E-state index in [9.17, 15) is 4.79 Å². The Bertz CT molecular complexity index is 262. The van der Waals surface area contributed by atoms with Crippen LogP contribution in [0.5, 0.6) is 5.75 Å². The number of ketones is 1. The number of benzene rings is 1. The molecule has 0 saturated heterocycles. The van der Waals surface area contributed by atoms with Crippen molar-refractivity contribution in [3.8, 4) is 5.75 Å². The molecular weight excluding hydrogens is 152 g/mol. The SMILES string of the molecule is CCC(=[OH+])c1ccc(OC)cc1. The average molecular weight is 165 g/mol. The van der Waals surface area contributed by atoms with E-state index in [1.807, 2.05) is 31.2 Å². The zero-order chi connectivity index (χ0) is 8.97. The number of hydrogen-bond donors (Lipinski definition) is 0. The summed E-state index contributed by atoms with van der Waals surface area (Å²) in [7, 11) is 1.62. The van der Waals surface area contributed by atoms with Crippen LogP contribution in [0.4, 0.5) is 0 Å². The topological polar surface area (TPSA) is 30.6 Å². The summed E-state index contributed by atoms with van der Waals surface area (Å²) in [6.45, 7) is 1.92. The fraction of sp³-hybridized carbons (Fsp3) is 0.300. The van der Waals surface area contributed by atoms with Gasteiger partial charge in [-0.15, -0.1) is 0 Å². The second kappa shape index (κ2) is 3.90. The van der Waals surface area contributed by atoms with Crippen molar-refractivity contribution in [2.45, 2.75) is 13.3 Å². The monoisotopic (exact) mass is 165 g/mol. The maximum Gasteiger partial charge on any atom is 0.323 e. The Morgan fingerprint density at radius 2 is 1.92 bits per heavy atom. The summed E-state index contributed by atoms with van der Waals surface area (Å²) in [6, 6.07) is 7.36. The lowest BCUT2D eigenvalue weighted by atomic mass is 10.1. The second-order valence-corrected chi connectivity index (χ2v) is 2.53. The minimum absolute atomic E-state index is 0.414. The summed E-state index contributed by atoms with van der Waals surface area (Å²) < 4.78 is 4.99. The zero-order valence-corrected chi connectivity index (χ0v) is 7.37. The van der Waals surface area contributed by atoms with Gasteiger partial charge in [-0.05, 0) is 24.3 Å². The molecule has 0 unspecified atom stereocenters. The molecule has 0 radical (unpaired) electrons. The molecule has 12 heavy (non-hydrogen) atoms. The first kappa shape index (κ1) is 8.78. The molecular formula is C10H13O2+. The Morgan fingerprint density at radius 1 is 1.33 bits per heavy atom. The van der Waals surface area contributed by atoms with Crippen LogP contribution in [0, 0.1) is 0 Å². The molecule has 0 bridgehead atoms. The largest absolute Gasteiger partial charge is 0.497 e. The highest BCUT2D eigenvalue weighted by atomic mass is 16.5. The van der Waals surface area contributed by atoms with Crippen LogP contribution in [0.2, 0.25) is 0 Å². The average Bonchev–Trinajstić information content (AvgIpc) is 2.17. The summed E-state index contributed by atoms with van der Waals surface area (Å²) in [4.78, 5) is 9.37. The van der Waals surface area contributed by atoms with E-state index in [-0.39, 0.29) is 0 Å². The van der Waals surface area contributed by atoms with Crippen LogP contribution in [-0.2, 0) is 0 Å². The first-order valence-electron chi connectivity index (χ1n) is 3.97.